The lowest BCUT2D eigenvalue weighted by Gasteiger charge is -2.11. The molecule has 21 heavy (non-hydrogen) atoms. The molecule has 3 aromatic rings. The molecule has 0 unspecified atom stereocenters. The second-order valence-electron chi connectivity index (χ2n) is 5.05. The van der Waals surface area contributed by atoms with E-state index >= 15 is 0 Å². The average molecular weight is 299 g/mol. The SMILES string of the molecule is Cc1cc2nccc(Oc3ccc(N)c(Cl)c3)c2cc1C. The van der Waals surface area contributed by atoms with E-state index in [1.165, 1.54) is 11.1 Å². The molecule has 3 nitrogen and oxygen atoms in total. The van der Waals surface area contributed by atoms with E-state index < -0.39 is 0 Å². The van der Waals surface area contributed by atoms with Crippen LogP contribution in [0.2, 0.25) is 5.02 Å². The van der Waals surface area contributed by atoms with Crippen LogP contribution in [0.4, 0.5) is 5.69 Å². The first-order valence-electron chi connectivity index (χ1n) is 6.63. The Morgan fingerprint density at radius 3 is 2.57 bits per heavy atom. The number of fused-ring (bicyclic) bond motifs is 1. The van der Waals surface area contributed by atoms with Crippen LogP contribution in [-0.4, -0.2) is 4.98 Å². The summed E-state index contributed by atoms with van der Waals surface area (Å²) in [6, 6.07) is 11.2. The van der Waals surface area contributed by atoms with Crippen molar-refractivity contribution in [2.24, 2.45) is 0 Å². The number of anilines is 1. The maximum atomic E-state index is 6.03. The number of nitrogens with zero attached hydrogens (tertiary/aromatic N) is 1. The predicted octanol–water partition coefficient (Wildman–Crippen LogP) is 4.88. The number of hydrogen-bond acceptors (Lipinski definition) is 3. The van der Waals surface area contributed by atoms with Gasteiger partial charge in [0.15, 0.2) is 0 Å². The zero-order valence-corrected chi connectivity index (χ0v) is 12.6. The van der Waals surface area contributed by atoms with Gasteiger partial charge in [0.2, 0.25) is 0 Å². The van der Waals surface area contributed by atoms with Gasteiger partial charge in [0.25, 0.3) is 0 Å². The number of nitrogens with two attached hydrogens (primary N) is 1. The van der Waals surface area contributed by atoms with Crippen molar-refractivity contribution in [3.8, 4) is 11.5 Å². The van der Waals surface area contributed by atoms with Gasteiger partial charge in [-0.05, 0) is 55.3 Å². The molecule has 0 aliphatic rings. The molecule has 0 aliphatic heterocycles. The lowest BCUT2D eigenvalue weighted by Crippen LogP contribution is -1.91. The minimum absolute atomic E-state index is 0.484. The van der Waals surface area contributed by atoms with Crippen molar-refractivity contribution in [1.82, 2.24) is 4.98 Å². The Balaban J connectivity index is 2.07. The fourth-order valence-corrected chi connectivity index (χ4v) is 2.34. The quantitative estimate of drug-likeness (QED) is 0.686. The Labute approximate surface area is 128 Å². The molecule has 0 amide bonds. The highest BCUT2D eigenvalue weighted by molar-refractivity contribution is 6.33. The summed E-state index contributed by atoms with van der Waals surface area (Å²) in [5.41, 5.74) is 9.58. The zero-order valence-electron chi connectivity index (χ0n) is 11.9. The molecule has 0 radical (unpaired) electrons. The van der Waals surface area contributed by atoms with Gasteiger partial charge in [-0.15, -0.1) is 0 Å². The number of aromatic nitrogens is 1. The van der Waals surface area contributed by atoms with Gasteiger partial charge < -0.3 is 10.5 Å². The average Bonchev–Trinajstić information content (AvgIpc) is 2.45. The molecule has 0 saturated heterocycles. The molecule has 0 saturated carbocycles. The maximum absolute atomic E-state index is 6.03. The molecule has 1 heterocycles. The first-order valence-corrected chi connectivity index (χ1v) is 7.01. The third-order valence-electron chi connectivity index (χ3n) is 3.52. The molecule has 0 aliphatic carbocycles. The normalized spacial score (nSPS) is 10.8. The Bertz CT molecular complexity index is 830. The summed E-state index contributed by atoms with van der Waals surface area (Å²) in [7, 11) is 0. The second kappa shape index (κ2) is 5.26. The Kier molecular flexibility index (Phi) is 3.43. The molecule has 1 aromatic heterocycles. The van der Waals surface area contributed by atoms with Crippen LogP contribution in [0.1, 0.15) is 11.1 Å². The first-order chi connectivity index (χ1) is 10.0. The van der Waals surface area contributed by atoms with Gasteiger partial charge >= 0.3 is 0 Å². The molecule has 2 aromatic carbocycles. The fourth-order valence-electron chi connectivity index (χ4n) is 2.17. The van der Waals surface area contributed by atoms with Crippen molar-refractivity contribution >= 4 is 28.2 Å². The number of pyridine rings is 1. The number of aryl methyl sites for hydroxylation is 2. The van der Waals surface area contributed by atoms with E-state index in [0.717, 1.165) is 16.7 Å². The van der Waals surface area contributed by atoms with Crippen LogP contribution in [0.15, 0.2) is 42.6 Å². The summed E-state index contributed by atoms with van der Waals surface area (Å²) in [6.45, 7) is 4.15. The number of ether oxygens (including phenoxy) is 1. The number of benzene rings is 2. The van der Waals surface area contributed by atoms with Crippen LogP contribution >= 0.6 is 11.6 Å². The number of nitrogen functional groups attached to an aromatic ring is 1. The largest absolute Gasteiger partial charge is 0.457 e. The van der Waals surface area contributed by atoms with Crippen LogP contribution < -0.4 is 10.5 Å². The van der Waals surface area contributed by atoms with Crippen LogP contribution in [0.5, 0.6) is 11.5 Å². The summed E-state index contributed by atoms with van der Waals surface area (Å²) in [5.74, 6) is 1.41. The lowest BCUT2D eigenvalue weighted by molar-refractivity contribution is 0.488. The van der Waals surface area contributed by atoms with Crippen molar-refractivity contribution in [1.29, 1.82) is 0 Å². The molecule has 4 heteroatoms. The van der Waals surface area contributed by atoms with E-state index in [4.69, 9.17) is 22.1 Å². The van der Waals surface area contributed by atoms with Crippen molar-refractivity contribution in [3.05, 3.63) is 58.7 Å². The van der Waals surface area contributed by atoms with E-state index in [1.54, 1.807) is 24.4 Å². The van der Waals surface area contributed by atoms with Gasteiger partial charge in [0, 0.05) is 17.6 Å². The summed E-state index contributed by atoms with van der Waals surface area (Å²) in [4.78, 5) is 4.39. The topological polar surface area (TPSA) is 48.1 Å². The smallest absolute Gasteiger partial charge is 0.138 e. The molecule has 0 fully saturated rings. The van der Waals surface area contributed by atoms with Crippen LogP contribution in [0, 0.1) is 13.8 Å². The van der Waals surface area contributed by atoms with Crippen molar-refractivity contribution in [2.45, 2.75) is 13.8 Å². The molecule has 2 N–H and O–H groups in total. The Hall–Kier alpha value is -2.26. The monoisotopic (exact) mass is 298 g/mol. The van der Waals surface area contributed by atoms with Gasteiger partial charge in [-0.2, -0.15) is 0 Å². The van der Waals surface area contributed by atoms with Gasteiger partial charge in [-0.25, -0.2) is 0 Å². The Morgan fingerprint density at radius 2 is 1.81 bits per heavy atom. The minimum atomic E-state index is 0.484. The highest BCUT2D eigenvalue weighted by atomic mass is 35.5. The van der Waals surface area contributed by atoms with Crippen molar-refractivity contribution < 1.29 is 4.74 Å². The standard InChI is InChI=1S/C17H15ClN2O/c1-10-7-13-16(8-11(10)2)20-6-5-17(13)21-12-3-4-15(19)14(18)9-12/h3-9H,19H2,1-2H3. The second-order valence-corrected chi connectivity index (χ2v) is 5.46. The summed E-state index contributed by atoms with van der Waals surface area (Å²) < 4.78 is 5.94. The van der Waals surface area contributed by atoms with E-state index in [0.29, 0.717) is 16.5 Å². The summed E-state index contributed by atoms with van der Waals surface area (Å²) in [6.07, 6.45) is 1.74. The molecule has 3 rings (SSSR count). The van der Waals surface area contributed by atoms with Crippen molar-refractivity contribution in [2.75, 3.05) is 5.73 Å². The van der Waals surface area contributed by atoms with E-state index in [1.807, 2.05) is 6.07 Å². The van der Waals surface area contributed by atoms with E-state index in [-0.39, 0.29) is 0 Å². The predicted molar refractivity (Wildman–Crippen MR) is 87.2 cm³/mol. The number of halogens is 1. The third kappa shape index (κ3) is 2.65. The highest BCUT2D eigenvalue weighted by Crippen LogP contribution is 2.32. The fraction of sp³-hybridized carbons (Fsp3) is 0.118. The van der Waals surface area contributed by atoms with Gasteiger partial charge in [-0.3, -0.25) is 4.98 Å². The maximum Gasteiger partial charge on any atom is 0.138 e. The van der Waals surface area contributed by atoms with Crippen LogP contribution in [0.3, 0.4) is 0 Å². The highest BCUT2D eigenvalue weighted by Gasteiger charge is 2.07. The first kappa shape index (κ1) is 13.7. The molecule has 0 bridgehead atoms. The minimum Gasteiger partial charge on any atom is -0.457 e. The van der Waals surface area contributed by atoms with Crippen molar-refractivity contribution in [3.63, 3.8) is 0 Å². The van der Waals surface area contributed by atoms with Gasteiger partial charge in [-0.1, -0.05) is 11.6 Å². The number of hydrogen-bond donors (Lipinski definition) is 1. The molecular weight excluding hydrogens is 284 g/mol. The zero-order chi connectivity index (χ0) is 15.0. The lowest BCUT2D eigenvalue weighted by atomic mass is 10.1. The summed E-state index contributed by atoms with van der Waals surface area (Å²) in [5, 5.41) is 1.46. The number of rotatable bonds is 2. The molecular formula is C17H15ClN2O. The molecule has 106 valence electrons. The summed E-state index contributed by atoms with van der Waals surface area (Å²) >= 11 is 6.03. The molecule has 0 spiro atoms. The van der Waals surface area contributed by atoms with Gasteiger partial charge in [0.1, 0.15) is 11.5 Å². The third-order valence-corrected chi connectivity index (χ3v) is 3.84. The molecule has 0 atom stereocenters. The van der Waals surface area contributed by atoms with E-state index in [2.05, 4.69) is 31.0 Å². The Morgan fingerprint density at radius 1 is 1.05 bits per heavy atom. The van der Waals surface area contributed by atoms with Gasteiger partial charge in [0.05, 0.1) is 16.2 Å². The van der Waals surface area contributed by atoms with Crippen LogP contribution in [-0.2, 0) is 0 Å². The van der Waals surface area contributed by atoms with E-state index in [9.17, 15) is 0 Å². The van der Waals surface area contributed by atoms with Crippen LogP contribution in [0.25, 0.3) is 10.9 Å².